The van der Waals surface area contributed by atoms with Crippen LogP contribution in [0.5, 0.6) is 5.75 Å². The average molecular weight is 280 g/mol. The number of ether oxygens (including phenoxy) is 4. The first-order valence-corrected chi connectivity index (χ1v) is 6.56. The fraction of sp³-hybridized carbons (Fsp3) is 0.533. The van der Waals surface area contributed by atoms with Gasteiger partial charge in [-0.1, -0.05) is 12.1 Å². The molecule has 2 rings (SSSR count). The third-order valence-electron chi connectivity index (χ3n) is 3.27. The molecule has 1 aromatic carbocycles. The van der Waals surface area contributed by atoms with Crippen LogP contribution in [0, 0.1) is 0 Å². The van der Waals surface area contributed by atoms with Crippen LogP contribution in [0.15, 0.2) is 24.3 Å². The lowest BCUT2D eigenvalue weighted by Gasteiger charge is -2.23. The molecule has 0 N–H and O–H groups in total. The molecule has 1 fully saturated rings. The first-order valence-electron chi connectivity index (χ1n) is 6.56. The smallest absolute Gasteiger partial charge is 0.308 e. The first kappa shape index (κ1) is 14.8. The minimum Gasteiger partial charge on any atom is -0.497 e. The van der Waals surface area contributed by atoms with E-state index in [1.807, 2.05) is 31.2 Å². The number of carbonyl (C=O) groups is 1. The zero-order chi connectivity index (χ0) is 14.6. The number of esters is 1. The Bertz CT molecular complexity index is 473. The molecule has 1 heterocycles. The summed E-state index contributed by atoms with van der Waals surface area (Å²) in [5, 5.41) is 0. The Hall–Kier alpha value is -1.59. The topological polar surface area (TPSA) is 54.0 Å². The predicted octanol–water partition coefficient (Wildman–Crippen LogP) is 1.93. The lowest BCUT2D eigenvalue weighted by molar-refractivity contribution is -0.159. The van der Waals surface area contributed by atoms with E-state index in [1.54, 1.807) is 7.11 Å². The second-order valence-corrected chi connectivity index (χ2v) is 4.99. The van der Waals surface area contributed by atoms with Crippen molar-refractivity contribution in [1.29, 1.82) is 0 Å². The van der Waals surface area contributed by atoms with Crippen LogP contribution in [-0.2, 0) is 25.4 Å². The van der Waals surface area contributed by atoms with Gasteiger partial charge >= 0.3 is 5.97 Å². The number of hydrogen-bond acceptors (Lipinski definition) is 5. The summed E-state index contributed by atoms with van der Waals surface area (Å²) in [5.74, 6) is -0.204. The highest BCUT2D eigenvalue weighted by Gasteiger charge is 2.38. The van der Waals surface area contributed by atoms with E-state index in [2.05, 4.69) is 4.74 Å². The van der Waals surface area contributed by atoms with E-state index in [0.29, 0.717) is 13.0 Å². The quantitative estimate of drug-likeness (QED) is 0.771. The molecular formula is C15H20O5. The molecular weight excluding hydrogens is 260 g/mol. The molecule has 2 atom stereocenters. The highest BCUT2D eigenvalue weighted by atomic mass is 16.7. The normalized spacial score (nSPS) is 25.4. The van der Waals surface area contributed by atoms with Crippen molar-refractivity contribution in [3.05, 3.63) is 29.8 Å². The molecule has 0 aromatic heterocycles. The van der Waals surface area contributed by atoms with Crippen LogP contribution in [0.4, 0.5) is 0 Å². The van der Waals surface area contributed by atoms with Gasteiger partial charge in [0.1, 0.15) is 5.75 Å². The van der Waals surface area contributed by atoms with Gasteiger partial charge < -0.3 is 18.9 Å². The standard InChI is InChI=1S/C15H20O5/c1-15(9-11-5-4-6-12(7-11)17-2)19-10-13(20-15)8-14(16)18-3/h4-7,13H,8-10H2,1-3H3. The largest absolute Gasteiger partial charge is 0.497 e. The van der Waals surface area contributed by atoms with Crippen LogP contribution in [-0.4, -0.2) is 38.7 Å². The summed E-state index contributed by atoms with van der Waals surface area (Å²) < 4.78 is 21.4. The molecule has 110 valence electrons. The van der Waals surface area contributed by atoms with Crippen molar-refractivity contribution < 1.29 is 23.7 Å². The van der Waals surface area contributed by atoms with Crippen molar-refractivity contribution in [3.8, 4) is 5.75 Å². The molecule has 0 radical (unpaired) electrons. The number of methoxy groups -OCH3 is 2. The Labute approximate surface area is 118 Å². The Kier molecular flexibility index (Phi) is 4.62. The maximum absolute atomic E-state index is 11.2. The molecule has 2 unspecified atom stereocenters. The monoisotopic (exact) mass is 280 g/mol. The predicted molar refractivity (Wildman–Crippen MR) is 72.6 cm³/mol. The van der Waals surface area contributed by atoms with E-state index in [9.17, 15) is 4.79 Å². The summed E-state index contributed by atoms with van der Waals surface area (Å²) in [6.45, 7) is 2.28. The van der Waals surface area contributed by atoms with Gasteiger partial charge in [0.15, 0.2) is 5.79 Å². The Balaban J connectivity index is 1.96. The number of carbonyl (C=O) groups excluding carboxylic acids is 1. The molecule has 0 saturated carbocycles. The van der Waals surface area contributed by atoms with Gasteiger partial charge in [-0.3, -0.25) is 4.79 Å². The Morgan fingerprint density at radius 2 is 2.25 bits per heavy atom. The number of rotatable bonds is 5. The van der Waals surface area contributed by atoms with Gasteiger partial charge in [0, 0.05) is 6.42 Å². The molecule has 1 aliphatic rings. The molecule has 0 amide bonds. The molecule has 1 aliphatic heterocycles. The minimum absolute atomic E-state index is 0.213. The van der Waals surface area contributed by atoms with Crippen LogP contribution in [0.1, 0.15) is 18.9 Å². The highest BCUT2D eigenvalue weighted by Crippen LogP contribution is 2.29. The molecule has 5 heteroatoms. The van der Waals surface area contributed by atoms with E-state index >= 15 is 0 Å². The summed E-state index contributed by atoms with van der Waals surface area (Å²) in [6.07, 6.45) is 0.560. The SMILES string of the molecule is COC(=O)CC1COC(C)(Cc2cccc(OC)c2)O1. The van der Waals surface area contributed by atoms with Gasteiger partial charge in [-0.25, -0.2) is 0 Å². The van der Waals surface area contributed by atoms with Crippen LogP contribution >= 0.6 is 0 Å². The van der Waals surface area contributed by atoms with E-state index in [-0.39, 0.29) is 18.5 Å². The Morgan fingerprint density at radius 3 is 2.95 bits per heavy atom. The number of benzene rings is 1. The van der Waals surface area contributed by atoms with Gasteiger partial charge in [-0.15, -0.1) is 0 Å². The molecule has 0 aliphatic carbocycles. The first-order chi connectivity index (χ1) is 9.54. The molecule has 5 nitrogen and oxygen atoms in total. The maximum atomic E-state index is 11.2. The zero-order valence-corrected chi connectivity index (χ0v) is 12.0. The van der Waals surface area contributed by atoms with Gasteiger partial charge in [-0.2, -0.15) is 0 Å². The second kappa shape index (κ2) is 6.24. The Morgan fingerprint density at radius 1 is 1.45 bits per heavy atom. The van der Waals surface area contributed by atoms with E-state index < -0.39 is 5.79 Å². The summed E-state index contributed by atoms with van der Waals surface area (Å²) in [4.78, 5) is 11.2. The summed E-state index contributed by atoms with van der Waals surface area (Å²) in [7, 11) is 3.00. The summed E-state index contributed by atoms with van der Waals surface area (Å²) in [5.41, 5.74) is 1.06. The number of hydrogen-bond donors (Lipinski definition) is 0. The molecule has 20 heavy (non-hydrogen) atoms. The van der Waals surface area contributed by atoms with Crippen molar-refractivity contribution in [3.63, 3.8) is 0 Å². The minimum atomic E-state index is -0.717. The van der Waals surface area contributed by atoms with Crippen molar-refractivity contribution in [2.24, 2.45) is 0 Å². The summed E-state index contributed by atoms with van der Waals surface area (Å²) in [6, 6.07) is 7.76. The van der Waals surface area contributed by atoms with Crippen molar-refractivity contribution in [2.75, 3.05) is 20.8 Å². The van der Waals surface area contributed by atoms with Gasteiger partial charge in [0.25, 0.3) is 0 Å². The van der Waals surface area contributed by atoms with Crippen molar-refractivity contribution in [2.45, 2.75) is 31.7 Å². The van der Waals surface area contributed by atoms with Crippen LogP contribution < -0.4 is 4.74 Å². The zero-order valence-electron chi connectivity index (χ0n) is 12.0. The molecule has 1 saturated heterocycles. The van der Waals surface area contributed by atoms with Crippen LogP contribution in [0.3, 0.4) is 0 Å². The van der Waals surface area contributed by atoms with Gasteiger partial charge in [-0.05, 0) is 24.6 Å². The third-order valence-corrected chi connectivity index (χ3v) is 3.27. The van der Waals surface area contributed by atoms with E-state index in [0.717, 1.165) is 11.3 Å². The van der Waals surface area contributed by atoms with Gasteiger partial charge in [0.05, 0.1) is 33.4 Å². The van der Waals surface area contributed by atoms with Crippen molar-refractivity contribution in [1.82, 2.24) is 0 Å². The van der Waals surface area contributed by atoms with Crippen LogP contribution in [0.2, 0.25) is 0 Å². The maximum Gasteiger partial charge on any atom is 0.308 e. The van der Waals surface area contributed by atoms with E-state index in [4.69, 9.17) is 14.2 Å². The second-order valence-electron chi connectivity index (χ2n) is 4.99. The molecule has 1 aromatic rings. The molecule has 0 bridgehead atoms. The van der Waals surface area contributed by atoms with E-state index in [1.165, 1.54) is 7.11 Å². The highest BCUT2D eigenvalue weighted by molar-refractivity contribution is 5.69. The van der Waals surface area contributed by atoms with Gasteiger partial charge in [0.2, 0.25) is 0 Å². The average Bonchev–Trinajstić information content (AvgIpc) is 2.79. The lowest BCUT2D eigenvalue weighted by atomic mass is 10.1. The summed E-state index contributed by atoms with van der Waals surface area (Å²) >= 11 is 0. The lowest BCUT2D eigenvalue weighted by Crippen LogP contribution is -2.30. The fourth-order valence-electron chi connectivity index (χ4n) is 2.31. The van der Waals surface area contributed by atoms with Crippen molar-refractivity contribution >= 4 is 5.97 Å². The molecule has 0 spiro atoms. The fourth-order valence-corrected chi connectivity index (χ4v) is 2.31. The van der Waals surface area contributed by atoms with Crippen LogP contribution in [0.25, 0.3) is 0 Å². The third kappa shape index (κ3) is 3.71.